The van der Waals surface area contributed by atoms with Crippen LogP contribution in [0.3, 0.4) is 0 Å². The lowest BCUT2D eigenvalue weighted by Gasteiger charge is -2.28. The largest absolute Gasteiger partial charge is 0.324 e. The Kier molecular flexibility index (Phi) is 5.64. The van der Waals surface area contributed by atoms with Gasteiger partial charge in [0.15, 0.2) is 0 Å². The summed E-state index contributed by atoms with van der Waals surface area (Å²) in [4.78, 5) is 12.4. The second-order valence-electron chi connectivity index (χ2n) is 5.30. The first-order valence-electron chi connectivity index (χ1n) is 7.11. The lowest BCUT2D eigenvalue weighted by Crippen LogP contribution is -2.45. The van der Waals surface area contributed by atoms with Crippen molar-refractivity contribution in [3.05, 3.63) is 59.1 Å². The van der Waals surface area contributed by atoms with Crippen LogP contribution in [0.2, 0.25) is 5.02 Å². The third-order valence-electron chi connectivity index (χ3n) is 3.37. The van der Waals surface area contributed by atoms with Crippen LogP contribution in [0.5, 0.6) is 0 Å². The molecule has 134 valence electrons. The molecule has 0 spiro atoms. The van der Waals surface area contributed by atoms with Crippen molar-refractivity contribution in [1.82, 2.24) is 0 Å². The average Bonchev–Trinajstić information content (AvgIpc) is 2.51. The van der Waals surface area contributed by atoms with Gasteiger partial charge in [0.25, 0.3) is 0 Å². The van der Waals surface area contributed by atoms with Gasteiger partial charge in [-0.15, -0.1) is 0 Å². The second kappa shape index (κ2) is 7.37. The standard InChI is InChI=1S/C16H15ClF2N2O3S/c1-10(16(22)20-11-7-8-13(18)12(17)9-11)21(25(2,23)24)15-6-4-3-5-14(15)19/h3-10H,1-2H3,(H,20,22)/t10-/m0/s1. The van der Waals surface area contributed by atoms with Crippen LogP contribution in [-0.2, 0) is 14.8 Å². The van der Waals surface area contributed by atoms with Gasteiger partial charge in [-0.25, -0.2) is 17.2 Å². The number of sulfonamides is 1. The van der Waals surface area contributed by atoms with Gasteiger partial charge in [0, 0.05) is 5.69 Å². The molecule has 0 bridgehead atoms. The number of halogens is 3. The van der Waals surface area contributed by atoms with Crippen molar-refractivity contribution in [2.24, 2.45) is 0 Å². The maximum Gasteiger partial charge on any atom is 0.247 e. The van der Waals surface area contributed by atoms with Crippen molar-refractivity contribution in [2.45, 2.75) is 13.0 Å². The maximum absolute atomic E-state index is 14.0. The number of carbonyl (C=O) groups excluding carboxylic acids is 1. The Morgan fingerprint density at radius 2 is 1.80 bits per heavy atom. The van der Waals surface area contributed by atoms with E-state index in [0.29, 0.717) is 4.31 Å². The van der Waals surface area contributed by atoms with Crippen LogP contribution in [0.1, 0.15) is 6.92 Å². The Hall–Kier alpha value is -2.19. The molecule has 1 atom stereocenters. The van der Waals surface area contributed by atoms with E-state index in [0.717, 1.165) is 18.4 Å². The van der Waals surface area contributed by atoms with Gasteiger partial charge in [-0.3, -0.25) is 9.10 Å². The molecule has 25 heavy (non-hydrogen) atoms. The summed E-state index contributed by atoms with van der Waals surface area (Å²) < 4.78 is 52.1. The predicted octanol–water partition coefficient (Wildman–Crippen LogP) is 3.41. The number of nitrogens with zero attached hydrogens (tertiary/aromatic N) is 1. The molecule has 0 saturated heterocycles. The molecular weight excluding hydrogens is 374 g/mol. The quantitative estimate of drug-likeness (QED) is 0.853. The number of hydrogen-bond donors (Lipinski definition) is 1. The topological polar surface area (TPSA) is 66.5 Å². The van der Waals surface area contributed by atoms with Crippen LogP contribution in [0.25, 0.3) is 0 Å². The summed E-state index contributed by atoms with van der Waals surface area (Å²) in [5, 5.41) is 2.24. The average molecular weight is 389 g/mol. The molecule has 0 aliphatic carbocycles. The fourth-order valence-corrected chi connectivity index (χ4v) is 3.59. The first-order chi connectivity index (χ1) is 11.6. The van der Waals surface area contributed by atoms with Crippen LogP contribution in [0.4, 0.5) is 20.2 Å². The van der Waals surface area contributed by atoms with Crippen molar-refractivity contribution in [3.63, 3.8) is 0 Å². The van der Waals surface area contributed by atoms with E-state index in [1.165, 1.54) is 37.3 Å². The highest BCUT2D eigenvalue weighted by molar-refractivity contribution is 7.92. The smallest absolute Gasteiger partial charge is 0.247 e. The van der Waals surface area contributed by atoms with Gasteiger partial charge >= 0.3 is 0 Å². The van der Waals surface area contributed by atoms with Crippen LogP contribution >= 0.6 is 11.6 Å². The molecule has 0 heterocycles. The van der Waals surface area contributed by atoms with Crippen molar-refractivity contribution in [3.8, 4) is 0 Å². The van der Waals surface area contributed by atoms with E-state index in [4.69, 9.17) is 11.6 Å². The Labute approximate surface area is 149 Å². The minimum absolute atomic E-state index is 0.185. The summed E-state index contributed by atoms with van der Waals surface area (Å²) in [7, 11) is -3.95. The van der Waals surface area contributed by atoms with Gasteiger partial charge in [0.2, 0.25) is 15.9 Å². The zero-order valence-corrected chi connectivity index (χ0v) is 14.9. The number of rotatable bonds is 5. The molecule has 0 radical (unpaired) electrons. The molecule has 1 amide bonds. The molecule has 2 aromatic carbocycles. The minimum atomic E-state index is -3.95. The highest BCUT2D eigenvalue weighted by Crippen LogP contribution is 2.25. The third-order valence-corrected chi connectivity index (χ3v) is 4.88. The minimum Gasteiger partial charge on any atom is -0.324 e. The van der Waals surface area contributed by atoms with Gasteiger partial charge in [-0.05, 0) is 37.3 Å². The molecular formula is C16H15ClF2N2O3S. The number of para-hydroxylation sites is 1. The highest BCUT2D eigenvalue weighted by Gasteiger charge is 2.31. The Balaban J connectivity index is 2.33. The number of hydrogen-bond acceptors (Lipinski definition) is 3. The van der Waals surface area contributed by atoms with Crippen molar-refractivity contribution >= 4 is 38.9 Å². The number of carbonyl (C=O) groups is 1. The zero-order valence-electron chi connectivity index (χ0n) is 13.3. The molecule has 5 nitrogen and oxygen atoms in total. The Morgan fingerprint density at radius 3 is 2.36 bits per heavy atom. The van der Waals surface area contributed by atoms with Crippen LogP contribution in [0, 0.1) is 11.6 Å². The lowest BCUT2D eigenvalue weighted by atomic mass is 10.2. The SMILES string of the molecule is C[C@@H](C(=O)Nc1ccc(F)c(Cl)c1)N(c1ccccc1F)S(C)(=O)=O. The van der Waals surface area contributed by atoms with Gasteiger partial charge in [-0.2, -0.15) is 0 Å². The predicted molar refractivity (Wildman–Crippen MR) is 93.2 cm³/mol. The fraction of sp³-hybridized carbons (Fsp3) is 0.188. The van der Waals surface area contributed by atoms with Crippen molar-refractivity contribution < 1.29 is 22.0 Å². The Bertz CT molecular complexity index is 906. The number of anilines is 2. The molecule has 0 aliphatic heterocycles. The van der Waals surface area contributed by atoms with E-state index >= 15 is 0 Å². The molecule has 0 fully saturated rings. The van der Waals surface area contributed by atoms with Crippen LogP contribution in [0.15, 0.2) is 42.5 Å². The normalized spacial score (nSPS) is 12.5. The summed E-state index contributed by atoms with van der Waals surface area (Å²) in [5.41, 5.74) is -0.0602. The fourth-order valence-electron chi connectivity index (χ4n) is 2.23. The number of nitrogens with one attached hydrogen (secondary N) is 1. The van der Waals surface area contributed by atoms with Gasteiger partial charge in [0.1, 0.15) is 17.7 Å². The summed E-state index contributed by atoms with van der Waals surface area (Å²) in [6, 6.07) is 7.50. The van der Waals surface area contributed by atoms with Crippen molar-refractivity contribution in [1.29, 1.82) is 0 Å². The van der Waals surface area contributed by atoms with Crippen LogP contribution in [-0.4, -0.2) is 26.6 Å². The van der Waals surface area contributed by atoms with Gasteiger partial charge in [0.05, 0.1) is 17.0 Å². The molecule has 9 heteroatoms. The van der Waals surface area contributed by atoms with Gasteiger partial charge in [-0.1, -0.05) is 23.7 Å². The zero-order chi connectivity index (χ0) is 18.8. The first kappa shape index (κ1) is 19.1. The molecule has 1 N–H and O–H groups in total. The van der Waals surface area contributed by atoms with Crippen LogP contribution < -0.4 is 9.62 Å². The first-order valence-corrected chi connectivity index (χ1v) is 9.33. The summed E-state index contributed by atoms with van der Waals surface area (Å²) >= 11 is 5.65. The third kappa shape index (κ3) is 4.46. The van der Waals surface area contributed by atoms with E-state index in [1.807, 2.05) is 0 Å². The number of amides is 1. The molecule has 0 aromatic heterocycles. The van der Waals surface area contributed by atoms with E-state index in [2.05, 4.69) is 5.32 Å². The van der Waals surface area contributed by atoms with Gasteiger partial charge < -0.3 is 5.32 Å². The molecule has 2 aromatic rings. The highest BCUT2D eigenvalue weighted by atomic mass is 35.5. The molecule has 0 saturated carbocycles. The monoisotopic (exact) mass is 388 g/mol. The summed E-state index contributed by atoms with van der Waals surface area (Å²) in [5.74, 6) is -2.16. The van der Waals surface area contributed by atoms with E-state index < -0.39 is 33.6 Å². The Morgan fingerprint density at radius 1 is 1.16 bits per heavy atom. The second-order valence-corrected chi connectivity index (χ2v) is 7.57. The summed E-state index contributed by atoms with van der Waals surface area (Å²) in [6.07, 6.45) is 0.873. The maximum atomic E-state index is 14.0. The van der Waals surface area contributed by atoms with E-state index in [1.54, 1.807) is 0 Å². The van der Waals surface area contributed by atoms with E-state index in [9.17, 15) is 22.0 Å². The van der Waals surface area contributed by atoms with Crippen molar-refractivity contribution in [2.75, 3.05) is 15.9 Å². The number of benzene rings is 2. The lowest BCUT2D eigenvalue weighted by molar-refractivity contribution is -0.116. The molecule has 2 rings (SSSR count). The van der Waals surface area contributed by atoms with E-state index in [-0.39, 0.29) is 16.4 Å². The summed E-state index contributed by atoms with van der Waals surface area (Å²) in [6.45, 7) is 1.31. The molecule has 0 unspecified atom stereocenters. The molecule has 0 aliphatic rings.